The van der Waals surface area contributed by atoms with Gasteiger partial charge in [0.2, 0.25) is 11.9 Å². The molecule has 0 spiro atoms. The van der Waals surface area contributed by atoms with Gasteiger partial charge in [0.15, 0.2) is 0 Å². The largest absolute Gasteiger partial charge is 0.434 e. The molecule has 1 heterocycles. The van der Waals surface area contributed by atoms with Crippen LogP contribution >= 0.6 is 0 Å². The van der Waals surface area contributed by atoms with E-state index in [1.54, 1.807) is 7.05 Å². The average Bonchev–Trinajstić information content (AvgIpc) is 2.47. The Hall–Kier alpha value is -3.23. The minimum Gasteiger partial charge on any atom is -0.434 e. The first-order valence-electron chi connectivity index (χ1n) is 5.78. The maximum absolute atomic E-state index is 11.0. The number of hydrogen-bond acceptors (Lipinski definition) is 7. The normalized spacial score (nSPS) is 9.95. The minimum atomic E-state index is -0.646. The second-order valence-electron chi connectivity index (χ2n) is 3.88. The number of nitrogens with zero attached hydrogens (tertiary/aromatic N) is 3. The molecule has 9 heteroatoms. The molecule has 1 aromatic carbocycles. The number of amides is 1. The van der Waals surface area contributed by atoms with Gasteiger partial charge >= 0.3 is 11.6 Å². The monoisotopic (exact) mass is 289 g/mol. The van der Waals surface area contributed by atoms with Crippen LogP contribution in [0.5, 0.6) is 11.6 Å². The highest BCUT2D eigenvalue weighted by atomic mass is 16.6. The zero-order chi connectivity index (χ0) is 15.4. The molecule has 21 heavy (non-hydrogen) atoms. The Balaban J connectivity index is 2.33. The standard InChI is InChI=1S/C12H11N5O4/c1-14-12-15-6-9(17(19)20)11(16-12)21-8-4-2-7(3-5-8)10(13)18/h2-6H,1H3,(H2,13,18)(H,14,15,16). The number of aromatic nitrogens is 2. The van der Waals surface area contributed by atoms with Crippen molar-refractivity contribution in [2.75, 3.05) is 12.4 Å². The van der Waals surface area contributed by atoms with Crippen molar-refractivity contribution in [1.29, 1.82) is 0 Å². The first-order chi connectivity index (χ1) is 10.0. The Morgan fingerprint density at radius 1 is 1.38 bits per heavy atom. The van der Waals surface area contributed by atoms with Crippen LogP contribution in [0.4, 0.5) is 11.6 Å². The van der Waals surface area contributed by atoms with Crippen LogP contribution in [0.25, 0.3) is 0 Å². The van der Waals surface area contributed by atoms with E-state index in [2.05, 4.69) is 15.3 Å². The lowest BCUT2D eigenvalue weighted by molar-refractivity contribution is -0.386. The van der Waals surface area contributed by atoms with Gasteiger partial charge in [-0.2, -0.15) is 4.98 Å². The van der Waals surface area contributed by atoms with Gasteiger partial charge in [0.05, 0.1) is 4.92 Å². The highest BCUT2D eigenvalue weighted by Gasteiger charge is 2.19. The van der Waals surface area contributed by atoms with E-state index in [1.165, 1.54) is 24.3 Å². The maximum atomic E-state index is 11.0. The molecule has 1 aromatic heterocycles. The summed E-state index contributed by atoms with van der Waals surface area (Å²) in [5, 5.41) is 13.6. The molecule has 0 saturated heterocycles. The van der Waals surface area contributed by atoms with E-state index in [1.807, 2.05) is 0 Å². The number of carbonyl (C=O) groups is 1. The van der Waals surface area contributed by atoms with Gasteiger partial charge in [0.25, 0.3) is 0 Å². The summed E-state index contributed by atoms with van der Waals surface area (Å²) in [7, 11) is 1.58. The predicted molar refractivity (Wildman–Crippen MR) is 73.3 cm³/mol. The number of nitrogens with one attached hydrogen (secondary N) is 1. The summed E-state index contributed by atoms with van der Waals surface area (Å²) in [4.78, 5) is 28.9. The summed E-state index contributed by atoms with van der Waals surface area (Å²) in [6, 6.07) is 5.82. The molecule has 0 atom stereocenters. The Morgan fingerprint density at radius 3 is 2.57 bits per heavy atom. The quantitative estimate of drug-likeness (QED) is 0.626. The summed E-state index contributed by atoms with van der Waals surface area (Å²) in [6.07, 6.45) is 1.05. The van der Waals surface area contributed by atoms with Crippen molar-refractivity contribution in [1.82, 2.24) is 9.97 Å². The van der Waals surface area contributed by atoms with Crippen molar-refractivity contribution in [2.45, 2.75) is 0 Å². The van der Waals surface area contributed by atoms with E-state index in [-0.39, 0.29) is 23.3 Å². The van der Waals surface area contributed by atoms with Gasteiger partial charge < -0.3 is 15.8 Å². The van der Waals surface area contributed by atoms with Gasteiger partial charge in [-0.3, -0.25) is 14.9 Å². The zero-order valence-corrected chi connectivity index (χ0v) is 10.9. The third kappa shape index (κ3) is 3.21. The van der Waals surface area contributed by atoms with Crippen LogP contribution in [0.3, 0.4) is 0 Å². The molecule has 3 N–H and O–H groups in total. The molecule has 108 valence electrons. The third-order valence-corrected chi connectivity index (χ3v) is 2.51. The van der Waals surface area contributed by atoms with Crippen molar-refractivity contribution in [3.8, 4) is 11.6 Å². The lowest BCUT2D eigenvalue weighted by atomic mass is 10.2. The Kier molecular flexibility index (Phi) is 3.93. The number of rotatable bonds is 5. The third-order valence-electron chi connectivity index (χ3n) is 2.51. The van der Waals surface area contributed by atoms with Crippen LogP contribution < -0.4 is 15.8 Å². The van der Waals surface area contributed by atoms with Gasteiger partial charge in [-0.25, -0.2) is 4.98 Å². The molecule has 0 aliphatic rings. The fourth-order valence-electron chi connectivity index (χ4n) is 1.48. The number of hydrogen-bond donors (Lipinski definition) is 2. The zero-order valence-electron chi connectivity index (χ0n) is 10.9. The van der Waals surface area contributed by atoms with Crippen LogP contribution in [0, 0.1) is 10.1 Å². The number of benzene rings is 1. The van der Waals surface area contributed by atoms with Gasteiger partial charge in [-0.1, -0.05) is 0 Å². The lowest BCUT2D eigenvalue weighted by Crippen LogP contribution is -2.10. The summed E-state index contributed by atoms with van der Waals surface area (Å²) < 4.78 is 5.36. The molecule has 0 bridgehead atoms. The van der Waals surface area contributed by atoms with Crippen LogP contribution in [-0.2, 0) is 0 Å². The molecule has 0 fully saturated rings. The van der Waals surface area contributed by atoms with Gasteiger partial charge in [0, 0.05) is 12.6 Å². The van der Waals surface area contributed by atoms with E-state index in [4.69, 9.17) is 10.5 Å². The molecule has 1 amide bonds. The molecule has 0 radical (unpaired) electrons. The predicted octanol–water partition coefficient (Wildman–Crippen LogP) is 1.32. The van der Waals surface area contributed by atoms with Crippen molar-refractivity contribution >= 4 is 17.5 Å². The summed E-state index contributed by atoms with van der Waals surface area (Å²) in [5.74, 6) is -0.313. The molecule has 2 rings (SSSR count). The minimum absolute atomic E-state index is 0.185. The second kappa shape index (κ2) is 5.82. The van der Waals surface area contributed by atoms with Crippen molar-refractivity contribution in [2.24, 2.45) is 5.73 Å². The topological polar surface area (TPSA) is 133 Å². The van der Waals surface area contributed by atoms with E-state index in [0.29, 0.717) is 5.56 Å². The fraction of sp³-hybridized carbons (Fsp3) is 0.0833. The Labute approximate surface area is 118 Å². The molecule has 0 aliphatic heterocycles. The molecule has 0 aliphatic carbocycles. The summed E-state index contributed by atoms with van der Waals surface area (Å²) >= 11 is 0. The fourth-order valence-corrected chi connectivity index (χ4v) is 1.48. The van der Waals surface area contributed by atoms with E-state index < -0.39 is 10.8 Å². The highest BCUT2D eigenvalue weighted by molar-refractivity contribution is 5.92. The maximum Gasteiger partial charge on any atom is 0.349 e. The van der Waals surface area contributed by atoms with E-state index >= 15 is 0 Å². The van der Waals surface area contributed by atoms with E-state index in [0.717, 1.165) is 6.20 Å². The number of nitro groups is 1. The van der Waals surface area contributed by atoms with Gasteiger partial charge in [0.1, 0.15) is 11.9 Å². The molecule has 2 aromatic rings. The smallest absolute Gasteiger partial charge is 0.349 e. The highest BCUT2D eigenvalue weighted by Crippen LogP contribution is 2.29. The van der Waals surface area contributed by atoms with Crippen molar-refractivity contribution in [3.05, 3.63) is 46.1 Å². The van der Waals surface area contributed by atoms with Crippen LogP contribution in [0.15, 0.2) is 30.5 Å². The first kappa shape index (κ1) is 14.2. The van der Waals surface area contributed by atoms with Gasteiger partial charge in [-0.15, -0.1) is 0 Å². The lowest BCUT2D eigenvalue weighted by Gasteiger charge is -2.06. The molecule has 0 unspecified atom stereocenters. The molecule has 9 nitrogen and oxygen atoms in total. The molecule has 0 saturated carbocycles. The second-order valence-corrected chi connectivity index (χ2v) is 3.88. The van der Waals surface area contributed by atoms with Crippen molar-refractivity contribution in [3.63, 3.8) is 0 Å². The van der Waals surface area contributed by atoms with Crippen LogP contribution in [0.2, 0.25) is 0 Å². The average molecular weight is 289 g/mol. The summed E-state index contributed by atoms with van der Waals surface area (Å²) in [5.41, 5.74) is 5.05. The Morgan fingerprint density at radius 2 is 2.05 bits per heavy atom. The Bertz CT molecular complexity index is 687. The number of anilines is 1. The SMILES string of the molecule is CNc1ncc([N+](=O)[O-])c(Oc2ccc(C(N)=O)cc2)n1. The molecular formula is C12H11N5O4. The van der Waals surface area contributed by atoms with Crippen LogP contribution in [-0.4, -0.2) is 27.8 Å². The molecular weight excluding hydrogens is 278 g/mol. The number of primary amides is 1. The first-order valence-corrected chi connectivity index (χ1v) is 5.78. The number of nitrogens with two attached hydrogens (primary N) is 1. The number of carbonyl (C=O) groups excluding carboxylic acids is 1. The van der Waals surface area contributed by atoms with Crippen molar-refractivity contribution < 1.29 is 14.5 Å². The van der Waals surface area contributed by atoms with Gasteiger partial charge in [-0.05, 0) is 24.3 Å². The number of ether oxygens (including phenoxy) is 1. The summed E-state index contributed by atoms with van der Waals surface area (Å²) in [6.45, 7) is 0. The van der Waals surface area contributed by atoms with E-state index in [9.17, 15) is 14.9 Å². The van der Waals surface area contributed by atoms with Crippen LogP contribution in [0.1, 0.15) is 10.4 Å².